The number of nitrogens with zero attached hydrogens (tertiary/aromatic N) is 1. The van der Waals surface area contributed by atoms with Gasteiger partial charge in [0.05, 0.1) is 18.0 Å². The Morgan fingerprint density at radius 2 is 1.64 bits per heavy atom. The SMILES string of the molecule is COC1CC(CNC(=O)C2CC(CNC3=NCCC3)CC(C3CC(C)C(F)CC3C)C2)CC(OC)C1. The van der Waals surface area contributed by atoms with Crippen LogP contribution in [0.2, 0.25) is 0 Å². The van der Waals surface area contributed by atoms with Gasteiger partial charge in [-0.05, 0) is 93.3 Å². The summed E-state index contributed by atoms with van der Waals surface area (Å²) in [7, 11) is 3.54. The minimum absolute atomic E-state index is 0.0340. The third kappa shape index (κ3) is 7.21. The van der Waals surface area contributed by atoms with Crippen molar-refractivity contribution in [1.82, 2.24) is 10.6 Å². The van der Waals surface area contributed by atoms with E-state index in [2.05, 4.69) is 29.5 Å². The van der Waals surface area contributed by atoms with Crippen LogP contribution in [0.5, 0.6) is 0 Å². The summed E-state index contributed by atoms with van der Waals surface area (Å²) in [4.78, 5) is 18.1. The van der Waals surface area contributed by atoms with Crippen molar-refractivity contribution in [3.05, 3.63) is 0 Å². The number of carbonyl (C=O) groups is 1. The number of hydrogen-bond donors (Lipinski definition) is 2. The zero-order valence-electron chi connectivity index (χ0n) is 23.0. The Bertz CT molecular complexity index is 737. The number of hydrogen-bond acceptors (Lipinski definition) is 5. The smallest absolute Gasteiger partial charge is 0.223 e. The number of nitrogens with one attached hydrogen (secondary N) is 2. The molecule has 6 nitrogen and oxygen atoms in total. The largest absolute Gasteiger partial charge is 0.381 e. The number of halogens is 1. The van der Waals surface area contributed by atoms with E-state index in [1.54, 1.807) is 14.2 Å². The van der Waals surface area contributed by atoms with E-state index in [-0.39, 0.29) is 30.0 Å². The standard InChI is InChI=1S/C29H50FN3O3/c1-18-9-27(30)19(2)8-26(18)22-10-20(16-32-28-6-5-7-31-28)11-23(14-22)29(34)33-17-21-12-24(35-3)15-25(13-21)36-4/h18-27H,5-17H2,1-4H3,(H,31,32)(H,33,34). The lowest BCUT2D eigenvalue weighted by Crippen LogP contribution is -2.45. The minimum atomic E-state index is -0.681. The van der Waals surface area contributed by atoms with Crippen LogP contribution >= 0.6 is 0 Å². The first-order chi connectivity index (χ1) is 17.4. The van der Waals surface area contributed by atoms with Crippen LogP contribution in [0.1, 0.15) is 78.1 Å². The molecule has 1 aliphatic heterocycles. The van der Waals surface area contributed by atoms with Crippen LogP contribution < -0.4 is 10.6 Å². The molecule has 0 aromatic rings. The van der Waals surface area contributed by atoms with Gasteiger partial charge >= 0.3 is 0 Å². The fourth-order valence-corrected chi connectivity index (χ4v) is 7.66. The molecule has 0 aromatic carbocycles. The maximum Gasteiger partial charge on any atom is 0.223 e. The Morgan fingerprint density at radius 3 is 2.31 bits per heavy atom. The summed E-state index contributed by atoms with van der Waals surface area (Å²) in [5.74, 6) is 3.72. The van der Waals surface area contributed by atoms with Crippen molar-refractivity contribution in [1.29, 1.82) is 0 Å². The molecule has 0 aromatic heterocycles. The minimum Gasteiger partial charge on any atom is -0.381 e. The summed E-state index contributed by atoms with van der Waals surface area (Å²) in [5, 5.41) is 6.92. The highest BCUT2D eigenvalue weighted by Crippen LogP contribution is 2.46. The number of methoxy groups -OCH3 is 2. The molecule has 1 heterocycles. The molecule has 9 unspecified atom stereocenters. The lowest BCUT2D eigenvalue weighted by Gasteiger charge is -2.44. The molecular formula is C29H50FN3O3. The quantitative estimate of drug-likeness (QED) is 0.497. The first kappa shape index (κ1) is 27.8. The van der Waals surface area contributed by atoms with Crippen LogP contribution in [0.4, 0.5) is 4.39 Å². The van der Waals surface area contributed by atoms with Crippen molar-refractivity contribution >= 4 is 11.7 Å². The molecule has 2 N–H and O–H groups in total. The van der Waals surface area contributed by atoms with Gasteiger partial charge in [0.1, 0.15) is 6.17 Å². The van der Waals surface area contributed by atoms with Crippen LogP contribution in [-0.2, 0) is 14.3 Å². The molecule has 0 bridgehead atoms. The lowest BCUT2D eigenvalue weighted by atomic mass is 9.62. The van der Waals surface area contributed by atoms with Crippen molar-refractivity contribution in [2.24, 2.45) is 46.4 Å². The lowest BCUT2D eigenvalue weighted by molar-refractivity contribution is -0.128. The van der Waals surface area contributed by atoms with Crippen molar-refractivity contribution in [3.8, 4) is 0 Å². The Kier molecular flexibility index (Phi) is 10.1. The van der Waals surface area contributed by atoms with Crippen LogP contribution in [0.15, 0.2) is 4.99 Å². The summed E-state index contributed by atoms with van der Waals surface area (Å²) < 4.78 is 25.7. The predicted molar refractivity (Wildman–Crippen MR) is 142 cm³/mol. The molecule has 4 aliphatic rings. The zero-order chi connectivity index (χ0) is 25.7. The second kappa shape index (κ2) is 13.0. The van der Waals surface area contributed by atoms with E-state index in [9.17, 15) is 9.18 Å². The predicted octanol–water partition coefficient (Wildman–Crippen LogP) is 4.77. The number of aliphatic imine (C=N–C) groups is 1. The van der Waals surface area contributed by atoms with Gasteiger partial charge in [-0.15, -0.1) is 0 Å². The van der Waals surface area contributed by atoms with Gasteiger partial charge in [0.15, 0.2) is 0 Å². The number of rotatable bonds is 8. The highest BCUT2D eigenvalue weighted by atomic mass is 19.1. The summed E-state index contributed by atoms with van der Waals surface area (Å²) in [6, 6.07) is 0. The molecule has 7 heteroatoms. The van der Waals surface area contributed by atoms with E-state index in [1.165, 1.54) is 0 Å². The Balaban J connectivity index is 1.38. The van der Waals surface area contributed by atoms with Gasteiger partial charge in [0.25, 0.3) is 0 Å². The van der Waals surface area contributed by atoms with E-state index in [1.807, 2.05) is 0 Å². The molecule has 9 atom stereocenters. The van der Waals surface area contributed by atoms with E-state index < -0.39 is 6.17 Å². The average Bonchev–Trinajstić information content (AvgIpc) is 3.41. The van der Waals surface area contributed by atoms with E-state index in [4.69, 9.17) is 9.47 Å². The van der Waals surface area contributed by atoms with Gasteiger partial charge in [-0.2, -0.15) is 0 Å². The highest BCUT2D eigenvalue weighted by molar-refractivity contribution is 5.83. The van der Waals surface area contributed by atoms with Crippen molar-refractivity contribution in [3.63, 3.8) is 0 Å². The van der Waals surface area contributed by atoms with Crippen molar-refractivity contribution < 1.29 is 18.7 Å². The molecule has 0 saturated heterocycles. The second-order valence-electron chi connectivity index (χ2n) is 12.5. The number of carbonyl (C=O) groups excluding carboxylic acids is 1. The topological polar surface area (TPSA) is 72.0 Å². The van der Waals surface area contributed by atoms with Crippen molar-refractivity contribution in [2.75, 3.05) is 33.9 Å². The Morgan fingerprint density at radius 1 is 0.917 bits per heavy atom. The number of amides is 1. The van der Waals surface area contributed by atoms with Gasteiger partial charge < -0.3 is 20.1 Å². The fourth-order valence-electron chi connectivity index (χ4n) is 7.66. The van der Waals surface area contributed by atoms with E-state index in [0.717, 1.165) is 76.7 Å². The fraction of sp³-hybridized carbons (Fsp3) is 0.931. The van der Waals surface area contributed by atoms with Crippen LogP contribution in [-0.4, -0.2) is 64.0 Å². The van der Waals surface area contributed by atoms with Crippen molar-refractivity contribution in [2.45, 2.75) is 96.4 Å². The number of ether oxygens (including phenoxy) is 2. The number of amidine groups is 1. The molecule has 3 fully saturated rings. The second-order valence-corrected chi connectivity index (χ2v) is 12.5. The third-order valence-electron chi connectivity index (χ3n) is 9.83. The van der Waals surface area contributed by atoms with Gasteiger partial charge in [-0.25, -0.2) is 4.39 Å². The van der Waals surface area contributed by atoms with Gasteiger partial charge in [-0.1, -0.05) is 13.8 Å². The maximum atomic E-state index is 14.4. The molecule has 3 saturated carbocycles. The molecule has 0 radical (unpaired) electrons. The van der Waals surface area contributed by atoms with E-state index >= 15 is 0 Å². The summed E-state index contributed by atoms with van der Waals surface area (Å²) in [6.45, 7) is 6.82. The van der Waals surface area contributed by atoms with Crippen LogP contribution in [0, 0.1) is 41.4 Å². The van der Waals surface area contributed by atoms with Crippen LogP contribution in [0.3, 0.4) is 0 Å². The third-order valence-corrected chi connectivity index (χ3v) is 9.83. The normalized spacial score (nSPS) is 41.5. The average molecular weight is 508 g/mol. The van der Waals surface area contributed by atoms with Gasteiger partial charge in [-0.3, -0.25) is 9.79 Å². The molecule has 0 spiro atoms. The summed E-state index contributed by atoms with van der Waals surface area (Å²) >= 11 is 0. The number of alkyl halides is 1. The van der Waals surface area contributed by atoms with Gasteiger partial charge in [0, 0.05) is 46.2 Å². The Labute approximate surface area is 217 Å². The van der Waals surface area contributed by atoms with Crippen LogP contribution in [0.25, 0.3) is 0 Å². The maximum absolute atomic E-state index is 14.4. The molecular weight excluding hydrogens is 457 g/mol. The molecule has 3 aliphatic carbocycles. The summed E-state index contributed by atoms with van der Waals surface area (Å²) in [5.41, 5.74) is 0. The molecule has 4 rings (SSSR count). The first-order valence-electron chi connectivity index (χ1n) is 14.6. The Hall–Kier alpha value is -1.21. The zero-order valence-corrected chi connectivity index (χ0v) is 23.0. The molecule has 1 amide bonds. The van der Waals surface area contributed by atoms with Gasteiger partial charge in [0.2, 0.25) is 5.91 Å². The molecule has 36 heavy (non-hydrogen) atoms. The van der Waals surface area contributed by atoms with E-state index in [0.29, 0.717) is 42.6 Å². The highest BCUT2D eigenvalue weighted by Gasteiger charge is 2.42. The monoisotopic (exact) mass is 507 g/mol. The summed E-state index contributed by atoms with van der Waals surface area (Å²) in [6.07, 6.45) is 9.40. The first-order valence-corrected chi connectivity index (χ1v) is 14.6. The molecule has 206 valence electrons.